The Hall–Kier alpha value is -2.89. The number of nitrogens with one attached hydrogen (secondary N) is 1. The third kappa shape index (κ3) is 2.63. The van der Waals surface area contributed by atoms with E-state index in [4.69, 9.17) is 4.74 Å². The van der Waals surface area contributed by atoms with Crippen molar-refractivity contribution in [1.82, 2.24) is 10.2 Å². The Bertz CT molecular complexity index is 806. The summed E-state index contributed by atoms with van der Waals surface area (Å²) in [5.41, 5.74) is 1.16. The van der Waals surface area contributed by atoms with Gasteiger partial charge in [-0.15, -0.1) is 10.2 Å². The largest absolute Gasteiger partial charge is 0.507 e. The molecule has 6 heteroatoms. The van der Waals surface area contributed by atoms with Crippen molar-refractivity contribution >= 4 is 16.6 Å². The zero-order chi connectivity index (χ0) is 15.5. The zero-order valence-corrected chi connectivity index (χ0v) is 11.9. The second kappa shape index (κ2) is 5.85. The number of hydrogen-bond acceptors (Lipinski definition) is 5. The van der Waals surface area contributed by atoms with Crippen LogP contribution >= 0.6 is 0 Å². The van der Waals surface area contributed by atoms with E-state index >= 15 is 0 Å². The summed E-state index contributed by atoms with van der Waals surface area (Å²) in [6, 6.07) is 12.1. The summed E-state index contributed by atoms with van der Waals surface area (Å²) in [6.45, 7) is -0.886. The van der Waals surface area contributed by atoms with Crippen molar-refractivity contribution in [3.8, 4) is 22.8 Å². The molecule has 0 radical (unpaired) electrons. The van der Waals surface area contributed by atoms with Crippen molar-refractivity contribution in [1.29, 1.82) is 0 Å². The summed E-state index contributed by atoms with van der Waals surface area (Å²) in [7, 11) is 1.76. The minimum Gasteiger partial charge on any atom is -0.507 e. The fraction of sp³-hybridized carbons (Fsp3) is 0.125. The average Bonchev–Trinajstić information content (AvgIpc) is 2.54. The number of ether oxygens (including phenoxy) is 1. The van der Waals surface area contributed by atoms with Crippen LogP contribution in [0, 0.1) is 0 Å². The number of aromatic nitrogens is 2. The molecule has 0 aliphatic heterocycles. The van der Waals surface area contributed by atoms with Crippen molar-refractivity contribution in [2.75, 3.05) is 19.2 Å². The van der Waals surface area contributed by atoms with E-state index in [9.17, 15) is 9.50 Å². The molecule has 0 fully saturated rings. The van der Waals surface area contributed by atoms with E-state index in [1.54, 1.807) is 43.4 Å². The highest BCUT2D eigenvalue weighted by Crippen LogP contribution is 2.33. The number of nitrogens with zero attached hydrogens (tertiary/aromatic N) is 2. The van der Waals surface area contributed by atoms with Gasteiger partial charge in [-0.2, -0.15) is 0 Å². The Balaban J connectivity index is 2.06. The molecule has 0 bridgehead atoms. The lowest BCUT2D eigenvalue weighted by molar-refractivity contribution is 0.192. The summed E-state index contributed by atoms with van der Waals surface area (Å²) in [5.74, 6) is 1.15. The summed E-state index contributed by atoms with van der Waals surface area (Å²) in [5, 5.41) is 22.8. The van der Waals surface area contributed by atoms with Gasteiger partial charge in [0.1, 0.15) is 17.3 Å². The van der Waals surface area contributed by atoms with E-state index in [0.29, 0.717) is 22.8 Å². The molecule has 0 unspecified atom stereocenters. The molecule has 22 heavy (non-hydrogen) atoms. The first kappa shape index (κ1) is 14.1. The number of benzene rings is 2. The normalized spacial score (nSPS) is 10.6. The molecule has 0 saturated heterocycles. The van der Waals surface area contributed by atoms with Crippen LogP contribution in [0.5, 0.6) is 11.5 Å². The van der Waals surface area contributed by atoms with Crippen LogP contribution in [-0.4, -0.2) is 29.2 Å². The first-order chi connectivity index (χ1) is 10.7. The Morgan fingerprint density at radius 2 is 1.95 bits per heavy atom. The van der Waals surface area contributed by atoms with Crippen LogP contribution in [0.25, 0.3) is 22.0 Å². The molecule has 3 aromatic rings. The predicted molar refractivity (Wildman–Crippen MR) is 82.8 cm³/mol. The van der Waals surface area contributed by atoms with Crippen LogP contribution in [-0.2, 0) is 0 Å². The Morgan fingerprint density at radius 3 is 2.64 bits per heavy atom. The average molecular weight is 299 g/mol. The number of hydrogen-bond donors (Lipinski definition) is 2. The number of phenolic OH excluding ortho intramolecular Hbond substituents is 1. The molecule has 1 heterocycles. The van der Waals surface area contributed by atoms with Gasteiger partial charge in [0.25, 0.3) is 0 Å². The predicted octanol–water partition coefficient (Wildman–Crippen LogP) is 3.35. The quantitative estimate of drug-likeness (QED) is 0.773. The van der Waals surface area contributed by atoms with Crippen molar-refractivity contribution in [2.24, 2.45) is 0 Å². The van der Waals surface area contributed by atoms with E-state index in [-0.39, 0.29) is 5.75 Å². The van der Waals surface area contributed by atoms with E-state index in [0.717, 1.165) is 10.8 Å². The number of fused-ring (bicyclic) bond motifs is 1. The van der Waals surface area contributed by atoms with Crippen LogP contribution in [0.1, 0.15) is 0 Å². The molecule has 0 atom stereocenters. The van der Waals surface area contributed by atoms with Crippen molar-refractivity contribution in [2.45, 2.75) is 0 Å². The van der Waals surface area contributed by atoms with Crippen LogP contribution in [0.15, 0.2) is 42.5 Å². The number of phenols is 1. The van der Waals surface area contributed by atoms with E-state index in [1.165, 1.54) is 0 Å². The minimum atomic E-state index is -0.886. The SMILES string of the molecule is CNc1ccc(-c2cc3ccc(OCF)cc3cc2O)nn1. The standard InChI is InChI=1S/C16H14FN3O2/c1-18-16-5-4-14(19-20-16)13-7-10-2-3-12(22-9-17)6-11(10)8-15(13)21/h2-8,21H,9H2,1H3,(H,18,20). The highest BCUT2D eigenvalue weighted by atomic mass is 19.1. The van der Waals surface area contributed by atoms with E-state index in [2.05, 4.69) is 15.5 Å². The molecular formula is C16H14FN3O2. The minimum absolute atomic E-state index is 0.0800. The maximum atomic E-state index is 12.2. The molecule has 3 rings (SSSR count). The first-order valence-electron chi connectivity index (χ1n) is 6.68. The molecule has 1 aromatic heterocycles. The first-order valence-corrected chi connectivity index (χ1v) is 6.68. The number of halogens is 1. The van der Waals surface area contributed by atoms with Crippen LogP contribution in [0.2, 0.25) is 0 Å². The molecule has 0 spiro atoms. The maximum Gasteiger partial charge on any atom is 0.228 e. The maximum absolute atomic E-state index is 12.2. The fourth-order valence-corrected chi connectivity index (χ4v) is 2.23. The fourth-order valence-electron chi connectivity index (χ4n) is 2.23. The molecular weight excluding hydrogens is 285 g/mol. The van der Waals surface area contributed by atoms with Gasteiger partial charge in [-0.1, -0.05) is 6.07 Å². The monoisotopic (exact) mass is 299 g/mol. The summed E-state index contributed by atoms with van der Waals surface area (Å²) in [4.78, 5) is 0. The zero-order valence-electron chi connectivity index (χ0n) is 11.9. The van der Waals surface area contributed by atoms with Gasteiger partial charge >= 0.3 is 0 Å². The van der Waals surface area contributed by atoms with E-state index in [1.807, 2.05) is 6.07 Å². The molecule has 2 aromatic carbocycles. The topological polar surface area (TPSA) is 67.3 Å². The lowest BCUT2D eigenvalue weighted by Gasteiger charge is -2.08. The van der Waals surface area contributed by atoms with Crippen LogP contribution in [0.3, 0.4) is 0 Å². The van der Waals surface area contributed by atoms with Gasteiger partial charge in [0, 0.05) is 12.6 Å². The lowest BCUT2D eigenvalue weighted by Crippen LogP contribution is -1.95. The molecule has 0 aliphatic rings. The number of aromatic hydroxyl groups is 1. The smallest absolute Gasteiger partial charge is 0.228 e. The lowest BCUT2D eigenvalue weighted by atomic mass is 10.0. The van der Waals surface area contributed by atoms with Gasteiger partial charge in [-0.25, -0.2) is 4.39 Å². The summed E-state index contributed by atoms with van der Waals surface area (Å²) < 4.78 is 17.0. The summed E-state index contributed by atoms with van der Waals surface area (Å²) >= 11 is 0. The van der Waals surface area contributed by atoms with Gasteiger partial charge < -0.3 is 15.2 Å². The number of alkyl halides is 1. The number of anilines is 1. The Kier molecular flexibility index (Phi) is 3.74. The molecule has 5 nitrogen and oxygen atoms in total. The third-order valence-corrected chi connectivity index (χ3v) is 3.34. The van der Waals surface area contributed by atoms with Crippen molar-refractivity contribution in [3.63, 3.8) is 0 Å². The molecule has 2 N–H and O–H groups in total. The second-order valence-electron chi connectivity index (χ2n) is 4.69. The molecule has 0 aliphatic carbocycles. The van der Waals surface area contributed by atoms with Crippen LogP contribution in [0.4, 0.5) is 10.2 Å². The second-order valence-corrected chi connectivity index (χ2v) is 4.69. The molecule has 0 amide bonds. The van der Waals surface area contributed by atoms with Crippen LogP contribution < -0.4 is 10.1 Å². The van der Waals surface area contributed by atoms with Gasteiger partial charge in [0.05, 0.1) is 5.69 Å². The van der Waals surface area contributed by atoms with Gasteiger partial charge in [-0.05, 0) is 47.2 Å². The Labute approximate surface area is 126 Å². The van der Waals surface area contributed by atoms with Gasteiger partial charge in [-0.3, -0.25) is 0 Å². The van der Waals surface area contributed by atoms with Crippen molar-refractivity contribution < 1.29 is 14.2 Å². The third-order valence-electron chi connectivity index (χ3n) is 3.34. The number of rotatable bonds is 4. The summed E-state index contributed by atoms with van der Waals surface area (Å²) in [6.07, 6.45) is 0. The van der Waals surface area contributed by atoms with Gasteiger partial charge in [0.15, 0.2) is 0 Å². The van der Waals surface area contributed by atoms with Crippen molar-refractivity contribution in [3.05, 3.63) is 42.5 Å². The van der Waals surface area contributed by atoms with Gasteiger partial charge in [0.2, 0.25) is 6.86 Å². The van der Waals surface area contributed by atoms with E-state index < -0.39 is 6.86 Å². The highest BCUT2D eigenvalue weighted by molar-refractivity contribution is 5.90. The Morgan fingerprint density at radius 1 is 1.09 bits per heavy atom. The molecule has 0 saturated carbocycles. The molecule has 112 valence electrons. The highest BCUT2D eigenvalue weighted by Gasteiger charge is 2.09.